The number of carbonyl (C=O) groups is 2. The fourth-order valence-electron chi connectivity index (χ4n) is 1.38. The number of pyridine rings is 1. The number of rotatable bonds is 5. The minimum absolute atomic E-state index is 0.146. The first-order chi connectivity index (χ1) is 9.27. The maximum Gasteiger partial charge on any atom is 0.348 e. The van der Waals surface area contributed by atoms with Gasteiger partial charge in [0.2, 0.25) is 0 Å². The fraction of sp³-hybridized carbons (Fsp3) is 0.154. The summed E-state index contributed by atoms with van der Waals surface area (Å²) < 4.78 is 5.02. The van der Waals surface area contributed by atoms with Crippen LogP contribution >= 0.6 is 11.3 Å². The molecule has 0 aromatic carbocycles. The summed E-state index contributed by atoms with van der Waals surface area (Å²) in [5.74, 6) is -0.581. The molecule has 2 aromatic heterocycles. The van der Waals surface area contributed by atoms with Gasteiger partial charge in [0.05, 0.1) is 6.54 Å². The van der Waals surface area contributed by atoms with Crippen molar-refractivity contribution in [3.05, 3.63) is 52.5 Å². The Morgan fingerprint density at radius 3 is 2.74 bits per heavy atom. The van der Waals surface area contributed by atoms with Gasteiger partial charge in [0, 0.05) is 18.0 Å². The molecule has 2 heterocycles. The second-order valence-electron chi connectivity index (χ2n) is 3.61. The van der Waals surface area contributed by atoms with Crippen LogP contribution in [0.25, 0.3) is 0 Å². The summed E-state index contributed by atoms with van der Waals surface area (Å²) in [6, 6.07) is 6.72. The number of ether oxygens (including phenoxy) is 1. The van der Waals surface area contributed by atoms with Crippen molar-refractivity contribution in [1.29, 1.82) is 0 Å². The highest BCUT2D eigenvalue weighted by atomic mass is 32.1. The van der Waals surface area contributed by atoms with E-state index < -0.39 is 0 Å². The van der Waals surface area contributed by atoms with Gasteiger partial charge in [-0.25, -0.2) is 4.79 Å². The molecule has 2 aromatic rings. The third-order valence-electron chi connectivity index (χ3n) is 2.29. The number of hydrogen-bond donors (Lipinski definition) is 1. The van der Waals surface area contributed by atoms with Gasteiger partial charge in [-0.1, -0.05) is 6.07 Å². The minimum Gasteiger partial charge on any atom is -0.460 e. The molecule has 0 atom stereocenters. The van der Waals surface area contributed by atoms with E-state index >= 15 is 0 Å². The Labute approximate surface area is 114 Å². The van der Waals surface area contributed by atoms with Crippen LogP contribution in [0.3, 0.4) is 0 Å². The number of aromatic nitrogens is 1. The summed E-state index contributed by atoms with van der Waals surface area (Å²) in [5, 5.41) is 4.47. The van der Waals surface area contributed by atoms with Gasteiger partial charge in [-0.15, -0.1) is 11.3 Å². The first-order valence-corrected chi connectivity index (χ1v) is 6.54. The highest BCUT2D eigenvalue weighted by molar-refractivity contribution is 7.11. The van der Waals surface area contributed by atoms with Crippen LogP contribution in [-0.4, -0.2) is 30.0 Å². The highest BCUT2D eigenvalue weighted by Gasteiger charge is 2.08. The predicted molar refractivity (Wildman–Crippen MR) is 71.2 cm³/mol. The molecule has 0 aliphatic carbocycles. The fourth-order valence-corrected chi connectivity index (χ4v) is 2.00. The molecule has 0 spiro atoms. The van der Waals surface area contributed by atoms with Crippen molar-refractivity contribution in [2.45, 2.75) is 0 Å². The quantitative estimate of drug-likeness (QED) is 0.667. The van der Waals surface area contributed by atoms with Crippen LogP contribution in [0.5, 0.6) is 0 Å². The molecule has 2 rings (SSSR count). The number of carbonyl (C=O) groups excluding carboxylic acids is 2. The van der Waals surface area contributed by atoms with Crippen LogP contribution in [0.2, 0.25) is 0 Å². The average molecular weight is 276 g/mol. The van der Waals surface area contributed by atoms with Gasteiger partial charge < -0.3 is 10.1 Å². The number of thiophene rings is 1. The molecule has 6 heteroatoms. The van der Waals surface area contributed by atoms with Gasteiger partial charge in [-0.2, -0.15) is 0 Å². The molecular weight excluding hydrogens is 264 g/mol. The standard InChI is InChI=1S/C13H12N2O3S/c16-12(10-3-5-14-6-4-10)15-7-8-18-13(17)11-2-1-9-19-11/h1-6,9H,7-8H2,(H,15,16). The van der Waals surface area contributed by atoms with Crippen LogP contribution in [0.1, 0.15) is 20.0 Å². The van der Waals surface area contributed by atoms with Crippen LogP contribution in [-0.2, 0) is 4.74 Å². The maximum absolute atomic E-state index is 11.6. The largest absolute Gasteiger partial charge is 0.460 e. The van der Waals surface area contributed by atoms with E-state index in [1.165, 1.54) is 11.3 Å². The van der Waals surface area contributed by atoms with Crippen LogP contribution in [0.4, 0.5) is 0 Å². The maximum atomic E-state index is 11.6. The third kappa shape index (κ3) is 3.89. The minimum atomic E-state index is -0.367. The van der Waals surface area contributed by atoms with Crippen molar-refractivity contribution in [3.63, 3.8) is 0 Å². The number of nitrogens with one attached hydrogen (secondary N) is 1. The smallest absolute Gasteiger partial charge is 0.348 e. The average Bonchev–Trinajstić information content (AvgIpc) is 2.98. The van der Waals surface area contributed by atoms with Crippen LogP contribution < -0.4 is 5.32 Å². The lowest BCUT2D eigenvalue weighted by molar-refractivity contribution is 0.0509. The number of amides is 1. The highest BCUT2D eigenvalue weighted by Crippen LogP contribution is 2.09. The molecule has 0 aliphatic rings. The van der Waals surface area contributed by atoms with Crippen molar-refractivity contribution in [1.82, 2.24) is 10.3 Å². The van der Waals surface area contributed by atoms with E-state index in [0.29, 0.717) is 10.4 Å². The second-order valence-corrected chi connectivity index (χ2v) is 4.55. The van der Waals surface area contributed by atoms with Crippen LogP contribution in [0, 0.1) is 0 Å². The molecule has 0 fully saturated rings. The molecule has 98 valence electrons. The SMILES string of the molecule is O=C(NCCOC(=O)c1cccs1)c1ccncc1. The van der Waals surface area contributed by atoms with Gasteiger partial charge in [0.15, 0.2) is 0 Å². The Morgan fingerprint density at radius 1 is 1.26 bits per heavy atom. The Morgan fingerprint density at radius 2 is 2.05 bits per heavy atom. The van der Waals surface area contributed by atoms with Crippen molar-refractivity contribution in [2.24, 2.45) is 0 Å². The number of nitrogens with zero attached hydrogens (tertiary/aromatic N) is 1. The lowest BCUT2D eigenvalue weighted by Crippen LogP contribution is -2.27. The van der Waals surface area contributed by atoms with Gasteiger partial charge >= 0.3 is 5.97 Å². The normalized spacial score (nSPS) is 9.89. The molecule has 19 heavy (non-hydrogen) atoms. The Kier molecular flexibility index (Phi) is 4.63. The zero-order valence-electron chi connectivity index (χ0n) is 10.0. The lowest BCUT2D eigenvalue weighted by Gasteiger charge is -2.05. The molecule has 0 saturated carbocycles. The Hall–Kier alpha value is -2.21. The molecule has 0 unspecified atom stereocenters. The topological polar surface area (TPSA) is 68.3 Å². The molecule has 0 aliphatic heterocycles. The monoisotopic (exact) mass is 276 g/mol. The van der Waals surface area contributed by atoms with E-state index in [-0.39, 0.29) is 25.0 Å². The molecule has 5 nitrogen and oxygen atoms in total. The molecule has 1 amide bonds. The van der Waals surface area contributed by atoms with E-state index in [9.17, 15) is 9.59 Å². The summed E-state index contributed by atoms with van der Waals surface area (Å²) in [4.78, 5) is 27.5. The lowest BCUT2D eigenvalue weighted by atomic mass is 10.2. The van der Waals surface area contributed by atoms with Crippen molar-refractivity contribution >= 4 is 23.2 Å². The van der Waals surface area contributed by atoms with Gasteiger partial charge in [0.25, 0.3) is 5.91 Å². The zero-order chi connectivity index (χ0) is 13.5. The predicted octanol–water partition coefficient (Wildman–Crippen LogP) is 1.73. The summed E-state index contributed by atoms with van der Waals surface area (Å²) in [6.07, 6.45) is 3.09. The number of esters is 1. The van der Waals surface area contributed by atoms with Gasteiger partial charge in [0.1, 0.15) is 11.5 Å². The van der Waals surface area contributed by atoms with Gasteiger partial charge in [-0.3, -0.25) is 9.78 Å². The Balaban J connectivity index is 1.70. The molecule has 0 radical (unpaired) electrons. The van der Waals surface area contributed by atoms with Crippen molar-refractivity contribution < 1.29 is 14.3 Å². The van der Waals surface area contributed by atoms with E-state index in [4.69, 9.17) is 4.74 Å². The number of hydrogen-bond acceptors (Lipinski definition) is 5. The summed E-state index contributed by atoms with van der Waals surface area (Å²) in [7, 11) is 0. The first-order valence-electron chi connectivity index (χ1n) is 5.66. The third-order valence-corrected chi connectivity index (χ3v) is 3.14. The summed E-state index contributed by atoms with van der Waals surface area (Å²) >= 11 is 1.32. The molecular formula is C13H12N2O3S. The van der Waals surface area contributed by atoms with Crippen molar-refractivity contribution in [2.75, 3.05) is 13.2 Å². The molecule has 0 bridgehead atoms. The molecule has 1 N–H and O–H groups in total. The van der Waals surface area contributed by atoms with E-state index in [2.05, 4.69) is 10.3 Å². The summed E-state index contributed by atoms with van der Waals surface area (Å²) in [5.41, 5.74) is 0.527. The Bertz CT molecular complexity index is 540. The van der Waals surface area contributed by atoms with E-state index in [1.54, 1.807) is 36.7 Å². The van der Waals surface area contributed by atoms with Crippen molar-refractivity contribution in [3.8, 4) is 0 Å². The van der Waals surface area contributed by atoms with E-state index in [1.807, 2.05) is 5.38 Å². The van der Waals surface area contributed by atoms with E-state index in [0.717, 1.165) is 0 Å². The zero-order valence-corrected chi connectivity index (χ0v) is 10.9. The van der Waals surface area contributed by atoms with Crippen LogP contribution in [0.15, 0.2) is 42.0 Å². The first kappa shape index (κ1) is 13.2. The van der Waals surface area contributed by atoms with Gasteiger partial charge in [-0.05, 0) is 23.6 Å². The second kappa shape index (κ2) is 6.65. The summed E-state index contributed by atoms with van der Waals surface area (Å²) in [6.45, 7) is 0.422. The molecule has 0 saturated heterocycles.